The zero-order valence-corrected chi connectivity index (χ0v) is 15.2. The van der Waals surface area contributed by atoms with E-state index in [4.69, 9.17) is 9.57 Å². The third-order valence-corrected chi connectivity index (χ3v) is 8.22. The molecule has 3 aliphatic heterocycles. The van der Waals surface area contributed by atoms with Gasteiger partial charge in [0.15, 0.2) is 0 Å². The van der Waals surface area contributed by atoms with Gasteiger partial charge in [0.1, 0.15) is 5.41 Å². The molecular formula is C21H24N2O3. The molecule has 26 heavy (non-hydrogen) atoms. The number of hydrogen-bond acceptors (Lipinski definition) is 4. The summed E-state index contributed by atoms with van der Waals surface area (Å²) in [6, 6.07) is 8.47. The van der Waals surface area contributed by atoms with Gasteiger partial charge in [-0.05, 0) is 31.0 Å². The number of hydroxylamine groups is 1. The molecule has 5 aliphatic rings. The Morgan fingerprint density at radius 3 is 2.96 bits per heavy atom. The highest BCUT2D eigenvalue weighted by Gasteiger charge is 2.80. The summed E-state index contributed by atoms with van der Waals surface area (Å²) in [4.78, 5) is 21.9. The topological polar surface area (TPSA) is 42.0 Å². The van der Waals surface area contributed by atoms with Crippen LogP contribution in [0, 0.1) is 23.2 Å². The summed E-state index contributed by atoms with van der Waals surface area (Å²) in [6.45, 7) is 6.00. The molecule has 1 aromatic carbocycles. The summed E-state index contributed by atoms with van der Waals surface area (Å²) in [5.41, 5.74) is 1.27. The Kier molecular flexibility index (Phi) is 2.71. The first kappa shape index (κ1) is 15.4. The molecule has 0 radical (unpaired) electrons. The monoisotopic (exact) mass is 352 g/mol. The second-order valence-corrected chi connectivity index (χ2v) is 8.70. The summed E-state index contributed by atoms with van der Waals surface area (Å²) < 4.78 is 6.39. The number of rotatable bonds is 2. The van der Waals surface area contributed by atoms with E-state index in [1.165, 1.54) is 5.06 Å². The molecule has 0 aromatic heterocycles. The highest BCUT2D eigenvalue weighted by molar-refractivity contribution is 6.08. The molecule has 6 rings (SSSR count). The standard InChI is InChI=1S/C21H24N2O3/c1-4-20-11-22(2)17-12-10-26-16(9-14(12)20)21(18(17)20)13-7-5-6-8-15(13)23(25-3)19(21)24/h4-8,12,14,16-18H,1,9-11H2,2-3H3/t12?,14-,16-,17-,18+,20?,21+/m1/s1. The van der Waals surface area contributed by atoms with Crippen molar-refractivity contribution >= 4 is 11.6 Å². The molecule has 0 N–H and O–H groups in total. The van der Waals surface area contributed by atoms with E-state index in [1.807, 2.05) is 18.2 Å². The van der Waals surface area contributed by atoms with Gasteiger partial charge in [0, 0.05) is 29.8 Å². The molecule has 1 amide bonds. The van der Waals surface area contributed by atoms with Gasteiger partial charge in [-0.3, -0.25) is 9.63 Å². The number of amides is 1. The number of para-hydroxylation sites is 1. The fraction of sp³-hybridized carbons (Fsp3) is 0.571. The van der Waals surface area contributed by atoms with Crippen LogP contribution in [0.15, 0.2) is 36.9 Å². The number of benzene rings is 1. The molecule has 2 saturated carbocycles. The van der Waals surface area contributed by atoms with E-state index in [2.05, 4.69) is 30.7 Å². The first-order valence-electron chi connectivity index (χ1n) is 9.55. The Morgan fingerprint density at radius 1 is 1.38 bits per heavy atom. The Hall–Kier alpha value is -1.69. The predicted octanol–water partition coefficient (Wildman–Crippen LogP) is 1.98. The molecule has 136 valence electrons. The number of carbonyl (C=O) groups excluding carboxylic acids is 1. The van der Waals surface area contributed by atoms with Gasteiger partial charge >= 0.3 is 0 Å². The van der Waals surface area contributed by atoms with E-state index in [1.54, 1.807) is 7.11 Å². The van der Waals surface area contributed by atoms with E-state index in [-0.39, 0.29) is 23.3 Å². The Morgan fingerprint density at radius 2 is 2.19 bits per heavy atom. The number of anilines is 1. The van der Waals surface area contributed by atoms with Crippen molar-refractivity contribution < 1.29 is 14.4 Å². The Balaban J connectivity index is 1.68. The van der Waals surface area contributed by atoms with E-state index >= 15 is 0 Å². The van der Waals surface area contributed by atoms with Crippen molar-refractivity contribution in [3.63, 3.8) is 0 Å². The Bertz CT molecular complexity index is 840. The smallest absolute Gasteiger partial charge is 0.264 e. The lowest BCUT2D eigenvalue weighted by molar-refractivity contribution is -0.159. The van der Waals surface area contributed by atoms with Crippen LogP contribution < -0.4 is 5.06 Å². The van der Waals surface area contributed by atoms with E-state index in [9.17, 15) is 4.79 Å². The molecule has 3 heterocycles. The summed E-state index contributed by atoms with van der Waals surface area (Å²) in [7, 11) is 3.78. The summed E-state index contributed by atoms with van der Waals surface area (Å²) in [5, 5.41) is 1.50. The third kappa shape index (κ3) is 1.30. The minimum absolute atomic E-state index is 0.0170. The maximum atomic E-state index is 13.9. The van der Waals surface area contributed by atoms with Crippen molar-refractivity contribution in [3.05, 3.63) is 42.5 Å². The van der Waals surface area contributed by atoms with Crippen LogP contribution in [0.25, 0.3) is 0 Å². The zero-order chi connectivity index (χ0) is 17.8. The maximum Gasteiger partial charge on any atom is 0.264 e. The average molecular weight is 352 g/mol. The molecule has 4 fully saturated rings. The molecule has 2 unspecified atom stereocenters. The Labute approximate surface area is 153 Å². The number of ether oxygens (including phenoxy) is 1. The quantitative estimate of drug-likeness (QED) is 0.764. The summed E-state index contributed by atoms with van der Waals surface area (Å²) in [6.07, 6.45) is 3.04. The van der Waals surface area contributed by atoms with E-state index < -0.39 is 5.41 Å². The van der Waals surface area contributed by atoms with Gasteiger partial charge in [0.05, 0.1) is 25.5 Å². The van der Waals surface area contributed by atoms with Crippen LogP contribution in [0.4, 0.5) is 5.69 Å². The van der Waals surface area contributed by atoms with E-state index in [0.717, 1.165) is 30.8 Å². The van der Waals surface area contributed by atoms with Gasteiger partial charge < -0.3 is 9.64 Å². The molecule has 1 spiro atoms. The fourth-order valence-electron chi connectivity index (χ4n) is 7.64. The van der Waals surface area contributed by atoms with Crippen LogP contribution >= 0.6 is 0 Å². The number of fused-ring (bicyclic) bond motifs is 5. The van der Waals surface area contributed by atoms with Gasteiger partial charge in [0.25, 0.3) is 5.91 Å². The number of hydrogen-bond donors (Lipinski definition) is 0. The second kappa shape index (κ2) is 4.58. The lowest BCUT2D eigenvalue weighted by Crippen LogP contribution is -2.63. The lowest BCUT2D eigenvalue weighted by Gasteiger charge is -2.54. The predicted molar refractivity (Wildman–Crippen MR) is 96.5 cm³/mol. The van der Waals surface area contributed by atoms with Gasteiger partial charge in [-0.1, -0.05) is 24.3 Å². The molecule has 5 heteroatoms. The highest BCUT2D eigenvalue weighted by Crippen LogP contribution is 2.73. The fourth-order valence-corrected chi connectivity index (χ4v) is 7.64. The largest absolute Gasteiger partial charge is 0.376 e. The third-order valence-electron chi connectivity index (χ3n) is 8.22. The van der Waals surface area contributed by atoms with Crippen molar-refractivity contribution in [2.45, 2.75) is 24.0 Å². The van der Waals surface area contributed by atoms with Gasteiger partial charge in [-0.2, -0.15) is 5.06 Å². The molecule has 7 atom stereocenters. The minimum Gasteiger partial charge on any atom is -0.376 e. The number of nitrogens with zero attached hydrogens (tertiary/aromatic N) is 2. The molecule has 2 saturated heterocycles. The van der Waals surface area contributed by atoms with Crippen molar-refractivity contribution in [1.29, 1.82) is 0 Å². The van der Waals surface area contributed by atoms with Gasteiger partial charge in [-0.25, -0.2) is 0 Å². The average Bonchev–Trinajstić information content (AvgIpc) is 3.13. The number of likely N-dealkylation sites (tertiary alicyclic amines) is 1. The molecule has 5 nitrogen and oxygen atoms in total. The highest BCUT2D eigenvalue weighted by atomic mass is 16.7. The van der Waals surface area contributed by atoms with Crippen LogP contribution in [-0.4, -0.2) is 50.3 Å². The number of carbonyl (C=O) groups is 1. The van der Waals surface area contributed by atoms with Crippen LogP contribution in [-0.2, 0) is 19.8 Å². The molecule has 5 bridgehead atoms. The summed E-state index contributed by atoms with van der Waals surface area (Å²) >= 11 is 0. The van der Waals surface area contributed by atoms with Gasteiger partial charge in [-0.15, -0.1) is 6.58 Å². The minimum atomic E-state index is -0.669. The molecule has 1 aromatic rings. The molecule has 2 aliphatic carbocycles. The van der Waals surface area contributed by atoms with Crippen LogP contribution in [0.5, 0.6) is 0 Å². The van der Waals surface area contributed by atoms with Crippen LogP contribution in [0.2, 0.25) is 0 Å². The lowest BCUT2D eigenvalue weighted by atomic mass is 9.51. The van der Waals surface area contributed by atoms with Crippen molar-refractivity contribution in [3.8, 4) is 0 Å². The van der Waals surface area contributed by atoms with Gasteiger partial charge in [0.2, 0.25) is 0 Å². The van der Waals surface area contributed by atoms with Crippen molar-refractivity contribution in [1.82, 2.24) is 4.90 Å². The van der Waals surface area contributed by atoms with Crippen molar-refractivity contribution in [2.24, 2.45) is 23.2 Å². The van der Waals surface area contributed by atoms with Crippen LogP contribution in [0.3, 0.4) is 0 Å². The van der Waals surface area contributed by atoms with Crippen molar-refractivity contribution in [2.75, 3.05) is 32.4 Å². The first-order valence-corrected chi connectivity index (χ1v) is 9.55. The maximum absolute atomic E-state index is 13.9. The van der Waals surface area contributed by atoms with Crippen LogP contribution in [0.1, 0.15) is 12.0 Å². The summed E-state index contributed by atoms with van der Waals surface area (Å²) in [5.74, 6) is 1.31. The molecular weight excluding hydrogens is 328 g/mol. The SMILES string of the molecule is C=CC12CN(C)[C@@H]3C4CO[C@H](C[C@H]41)[C@]1(C(=O)N(OC)c4ccccc41)[C@@H]32. The first-order chi connectivity index (χ1) is 12.6. The van der Waals surface area contributed by atoms with E-state index in [0.29, 0.717) is 17.9 Å². The zero-order valence-electron chi connectivity index (χ0n) is 15.2. The normalized spacial score (nSPS) is 47.8. The second-order valence-electron chi connectivity index (χ2n) is 8.70. The number of piperidine rings is 1.